The zero-order valence-corrected chi connectivity index (χ0v) is 25.0. The van der Waals surface area contributed by atoms with Crippen LogP contribution in [0.5, 0.6) is 0 Å². The first kappa shape index (κ1) is 26.7. The van der Waals surface area contributed by atoms with Gasteiger partial charge in [-0.3, -0.25) is 0 Å². The van der Waals surface area contributed by atoms with E-state index in [1.807, 2.05) is 0 Å². The van der Waals surface area contributed by atoms with Gasteiger partial charge in [0.25, 0.3) is 0 Å². The summed E-state index contributed by atoms with van der Waals surface area (Å²) >= 11 is 0. The van der Waals surface area contributed by atoms with Gasteiger partial charge in [-0.2, -0.15) is 0 Å². The van der Waals surface area contributed by atoms with Crippen molar-refractivity contribution in [1.29, 1.82) is 0 Å². The van der Waals surface area contributed by atoms with E-state index in [-0.39, 0.29) is 21.7 Å². The molecule has 3 aromatic carbocycles. The van der Waals surface area contributed by atoms with Crippen LogP contribution in [-0.2, 0) is 17.3 Å². The van der Waals surface area contributed by atoms with Crippen LogP contribution in [0, 0.1) is 16.7 Å². The van der Waals surface area contributed by atoms with Crippen molar-refractivity contribution in [3.63, 3.8) is 0 Å². The number of fused-ring (bicyclic) bond motifs is 2. The van der Waals surface area contributed by atoms with Crippen molar-refractivity contribution in [2.45, 2.75) is 100 Å². The lowest BCUT2D eigenvalue weighted by Crippen LogP contribution is -2.31. The summed E-state index contributed by atoms with van der Waals surface area (Å²) in [5, 5.41) is 8.14. The molecule has 0 saturated heterocycles. The molecule has 1 unspecified atom stereocenters. The van der Waals surface area contributed by atoms with Crippen LogP contribution in [0.2, 0.25) is 0 Å². The van der Waals surface area contributed by atoms with Gasteiger partial charge in [0.2, 0.25) is 0 Å². The first-order valence-electron chi connectivity index (χ1n) is 13.7. The summed E-state index contributed by atoms with van der Waals surface area (Å²) in [7, 11) is 0. The van der Waals surface area contributed by atoms with Crippen LogP contribution in [-0.4, -0.2) is 0 Å². The maximum absolute atomic E-state index is 4.78. The van der Waals surface area contributed by atoms with Gasteiger partial charge in [-0.05, 0) is 100 Å². The maximum atomic E-state index is 4.78. The monoisotopic (exact) mass is 480 g/mol. The molecule has 36 heavy (non-hydrogen) atoms. The molecule has 0 saturated carbocycles. The van der Waals surface area contributed by atoms with E-state index in [4.69, 9.17) is 6.58 Å². The van der Waals surface area contributed by atoms with E-state index >= 15 is 0 Å². The Morgan fingerprint density at radius 3 is 1.75 bits per heavy atom. The molecule has 4 rings (SSSR count). The zero-order valence-electron chi connectivity index (χ0n) is 25.0. The SMILES string of the molecule is C=c1c2c3c(cc(C(C)(C)C)cc3c3cc(C(C)(C)C)cc(/C=C/C(C)(C)C)c13)=CC(C(C)(C)C)C2. The Kier molecular flexibility index (Phi) is 6.19. The Bertz CT molecular complexity index is 1470. The first-order valence-corrected chi connectivity index (χ1v) is 13.7. The average Bonchev–Trinajstić information content (AvgIpc) is 2.72. The molecule has 0 heteroatoms. The molecule has 0 aliphatic heterocycles. The number of rotatable bonds is 1. The largest absolute Gasteiger partial charge is 0.0908 e. The lowest BCUT2D eigenvalue weighted by molar-refractivity contribution is 0.306. The van der Waals surface area contributed by atoms with E-state index in [1.165, 1.54) is 54.2 Å². The van der Waals surface area contributed by atoms with E-state index in [0.29, 0.717) is 5.92 Å². The highest BCUT2D eigenvalue weighted by atomic mass is 14.3. The Morgan fingerprint density at radius 2 is 1.25 bits per heavy atom. The first-order chi connectivity index (χ1) is 16.3. The normalized spacial score (nSPS) is 17.3. The van der Waals surface area contributed by atoms with Crippen molar-refractivity contribution in [3.05, 3.63) is 63.0 Å². The Balaban J connectivity index is 2.28. The summed E-state index contributed by atoms with van der Waals surface area (Å²) in [6.07, 6.45) is 8.33. The summed E-state index contributed by atoms with van der Waals surface area (Å²) in [5.74, 6) is 0.490. The van der Waals surface area contributed by atoms with Crippen LogP contribution in [0.25, 0.3) is 40.3 Å². The van der Waals surface area contributed by atoms with Crippen LogP contribution in [0.1, 0.15) is 105 Å². The maximum Gasteiger partial charge on any atom is -0.00355 e. The molecule has 0 fully saturated rings. The summed E-state index contributed by atoms with van der Waals surface area (Å²) < 4.78 is 0. The fourth-order valence-electron chi connectivity index (χ4n) is 5.48. The quantitative estimate of drug-likeness (QED) is 0.305. The third-order valence-electron chi connectivity index (χ3n) is 8.01. The summed E-state index contributed by atoms with van der Waals surface area (Å²) in [4.78, 5) is 0. The van der Waals surface area contributed by atoms with Gasteiger partial charge < -0.3 is 0 Å². The van der Waals surface area contributed by atoms with Crippen LogP contribution >= 0.6 is 0 Å². The highest BCUT2D eigenvalue weighted by Gasteiger charge is 2.29. The van der Waals surface area contributed by atoms with Crippen molar-refractivity contribution in [3.8, 4) is 0 Å². The molecule has 0 amide bonds. The minimum Gasteiger partial charge on any atom is -0.0908 e. The number of allylic oxidation sites excluding steroid dienone is 1. The Hall–Kier alpha value is -2.34. The Labute approximate surface area is 220 Å². The molecule has 0 aromatic heterocycles. The number of benzene rings is 3. The molecule has 0 heterocycles. The summed E-state index contributed by atoms with van der Waals surface area (Å²) in [5.41, 5.74) is 6.02. The second-order valence-corrected chi connectivity index (χ2v) is 15.5. The van der Waals surface area contributed by atoms with Gasteiger partial charge in [0, 0.05) is 0 Å². The highest BCUT2D eigenvalue weighted by molar-refractivity contribution is 6.12. The predicted octanol–water partition coefficient (Wildman–Crippen LogP) is 9.06. The zero-order chi connectivity index (χ0) is 27.0. The van der Waals surface area contributed by atoms with Gasteiger partial charge in [-0.25, -0.2) is 0 Å². The van der Waals surface area contributed by atoms with E-state index in [0.717, 1.165) is 6.42 Å². The van der Waals surface area contributed by atoms with Gasteiger partial charge in [0.15, 0.2) is 0 Å². The van der Waals surface area contributed by atoms with Crippen LogP contribution in [0.15, 0.2) is 30.3 Å². The minimum absolute atomic E-state index is 0.0653. The van der Waals surface area contributed by atoms with E-state index in [1.54, 1.807) is 0 Å². The molecule has 0 N–H and O–H groups in total. The second kappa shape index (κ2) is 8.34. The molecule has 0 radical (unpaired) electrons. The molecule has 1 aliphatic rings. The topological polar surface area (TPSA) is 0 Å². The Morgan fingerprint density at radius 1 is 0.722 bits per heavy atom. The van der Waals surface area contributed by atoms with Gasteiger partial charge in [0.05, 0.1) is 0 Å². The second-order valence-electron chi connectivity index (χ2n) is 15.5. The third kappa shape index (κ3) is 4.93. The molecule has 192 valence electrons. The molecule has 1 aliphatic carbocycles. The van der Waals surface area contributed by atoms with Crippen molar-refractivity contribution in [1.82, 2.24) is 0 Å². The van der Waals surface area contributed by atoms with Crippen molar-refractivity contribution in [2.24, 2.45) is 16.7 Å². The molecule has 1 atom stereocenters. The molecular weight excluding hydrogens is 432 g/mol. The molecule has 0 bridgehead atoms. The van der Waals surface area contributed by atoms with Gasteiger partial charge in [-0.15, -0.1) is 0 Å². The standard InChI is InChI=1S/C36H48/c1-22-28-19-26(35(8,9)10)17-24-18-27(36(11,12)13)21-30(32(24)28)29-20-25(34(5,6)7)16-23(31(22)29)14-15-33(2,3)4/h14-18,20-21,26H,1,19H2,2-13H3/b15-14+. The summed E-state index contributed by atoms with van der Waals surface area (Å²) in [6, 6.07) is 9.83. The number of hydrogen-bond donors (Lipinski definition) is 0. The minimum atomic E-state index is 0.0653. The molecule has 0 nitrogen and oxygen atoms in total. The van der Waals surface area contributed by atoms with Gasteiger partial charge >= 0.3 is 0 Å². The predicted molar refractivity (Wildman–Crippen MR) is 163 cm³/mol. The van der Waals surface area contributed by atoms with Crippen molar-refractivity contribution < 1.29 is 0 Å². The molecule has 3 aromatic rings. The number of hydrogen-bond acceptors (Lipinski definition) is 0. The average molecular weight is 481 g/mol. The van der Waals surface area contributed by atoms with Crippen LogP contribution in [0.4, 0.5) is 0 Å². The van der Waals surface area contributed by atoms with Crippen LogP contribution < -0.4 is 10.4 Å². The van der Waals surface area contributed by atoms with E-state index in [9.17, 15) is 0 Å². The molecule has 0 spiro atoms. The fraction of sp³-hybridized carbons (Fsp3) is 0.500. The lowest BCUT2D eigenvalue weighted by atomic mass is 9.71. The highest BCUT2D eigenvalue weighted by Crippen LogP contribution is 2.39. The lowest BCUT2D eigenvalue weighted by Gasteiger charge is -2.33. The van der Waals surface area contributed by atoms with Crippen molar-refractivity contribution >= 4 is 40.3 Å². The van der Waals surface area contributed by atoms with Crippen molar-refractivity contribution in [2.75, 3.05) is 0 Å². The van der Waals surface area contributed by atoms with Crippen LogP contribution in [0.3, 0.4) is 0 Å². The molecular formula is C36H48. The van der Waals surface area contributed by atoms with E-state index in [2.05, 4.69) is 126 Å². The smallest absolute Gasteiger partial charge is 0.00355 e. The van der Waals surface area contributed by atoms with Gasteiger partial charge in [0.1, 0.15) is 0 Å². The van der Waals surface area contributed by atoms with E-state index < -0.39 is 0 Å². The van der Waals surface area contributed by atoms with Gasteiger partial charge in [-0.1, -0.05) is 120 Å². The summed E-state index contributed by atoms with van der Waals surface area (Å²) in [6.45, 7) is 32.7. The fourth-order valence-corrected chi connectivity index (χ4v) is 5.48. The third-order valence-corrected chi connectivity index (χ3v) is 8.01.